The van der Waals surface area contributed by atoms with Gasteiger partial charge < -0.3 is 24.1 Å². The quantitative estimate of drug-likeness (QED) is 0.332. The Hall–Kier alpha value is -3.32. The molecule has 2 N–H and O–H groups in total. The lowest BCUT2D eigenvalue weighted by molar-refractivity contribution is -0.160. The van der Waals surface area contributed by atoms with Crippen molar-refractivity contribution in [3.63, 3.8) is 0 Å². The standard InChI is InChI=1S/C20H26FN3O9/c1-10(2)17(27)31-9-13(25)30-8-11-15(26)14(21)16(32-11)24-7-6-12(22-18(24)28)23-19(29)33-20(3,4)5/h6-7,11,14-16,26H,1,8-9H2,2-5H3,(H,22,23,28,29)/t11-,14-,15-,16-/m1/s1. The lowest BCUT2D eigenvalue weighted by Gasteiger charge is -2.20. The molecule has 13 heteroatoms. The number of hydrogen-bond acceptors (Lipinski definition) is 10. The number of carbonyl (C=O) groups is 3. The van der Waals surface area contributed by atoms with E-state index in [-0.39, 0.29) is 11.4 Å². The predicted molar refractivity (Wildman–Crippen MR) is 110 cm³/mol. The summed E-state index contributed by atoms with van der Waals surface area (Å²) in [5.74, 6) is -1.87. The predicted octanol–water partition coefficient (Wildman–Crippen LogP) is 0.849. The summed E-state index contributed by atoms with van der Waals surface area (Å²) < 4.78 is 35.2. The summed E-state index contributed by atoms with van der Waals surface area (Å²) in [4.78, 5) is 50.7. The molecule has 1 amide bonds. The minimum Gasteiger partial charge on any atom is -0.460 e. The Morgan fingerprint density at radius 3 is 2.58 bits per heavy atom. The maximum atomic E-state index is 14.6. The van der Waals surface area contributed by atoms with Gasteiger partial charge in [0.1, 0.15) is 30.2 Å². The second kappa shape index (κ2) is 10.5. The van der Waals surface area contributed by atoms with Crippen molar-refractivity contribution in [2.45, 2.75) is 57.9 Å². The van der Waals surface area contributed by atoms with Crippen molar-refractivity contribution in [3.8, 4) is 0 Å². The van der Waals surface area contributed by atoms with Crippen molar-refractivity contribution in [1.29, 1.82) is 0 Å². The molecule has 0 spiro atoms. The van der Waals surface area contributed by atoms with Gasteiger partial charge in [0.15, 0.2) is 19.0 Å². The zero-order valence-electron chi connectivity index (χ0n) is 18.6. The van der Waals surface area contributed by atoms with E-state index in [1.165, 1.54) is 13.0 Å². The fourth-order valence-electron chi connectivity index (χ4n) is 2.61. The smallest absolute Gasteiger partial charge is 0.413 e. The lowest BCUT2D eigenvalue weighted by Crippen LogP contribution is -2.34. The number of aliphatic hydroxyl groups excluding tert-OH is 1. The zero-order chi connectivity index (χ0) is 24.9. The third kappa shape index (κ3) is 7.36. The molecular weight excluding hydrogens is 445 g/mol. The Bertz CT molecular complexity index is 972. The highest BCUT2D eigenvalue weighted by molar-refractivity contribution is 5.88. The van der Waals surface area contributed by atoms with Crippen LogP contribution in [0.3, 0.4) is 0 Å². The van der Waals surface area contributed by atoms with Gasteiger partial charge >= 0.3 is 23.7 Å². The van der Waals surface area contributed by atoms with Crippen molar-refractivity contribution in [1.82, 2.24) is 9.55 Å². The van der Waals surface area contributed by atoms with Gasteiger partial charge in [0.05, 0.1) is 0 Å². The van der Waals surface area contributed by atoms with E-state index < -0.39 is 67.1 Å². The van der Waals surface area contributed by atoms with Crippen molar-refractivity contribution < 1.29 is 42.8 Å². The van der Waals surface area contributed by atoms with Gasteiger partial charge in [-0.1, -0.05) is 6.58 Å². The third-order valence-corrected chi connectivity index (χ3v) is 4.11. The van der Waals surface area contributed by atoms with Crippen molar-refractivity contribution in [2.24, 2.45) is 0 Å². The van der Waals surface area contributed by atoms with Crippen LogP contribution in [0.15, 0.2) is 29.2 Å². The topological polar surface area (TPSA) is 155 Å². The van der Waals surface area contributed by atoms with Crippen LogP contribution in [-0.2, 0) is 28.5 Å². The highest BCUT2D eigenvalue weighted by Gasteiger charge is 2.46. The first kappa shape index (κ1) is 25.9. The molecular formula is C20H26FN3O9. The van der Waals surface area contributed by atoms with Gasteiger partial charge in [0.2, 0.25) is 0 Å². The van der Waals surface area contributed by atoms with E-state index in [9.17, 15) is 28.7 Å². The molecule has 12 nitrogen and oxygen atoms in total. The van der Waals surface area contributed by atoms with Crippen LogP contribution < -0.4 is 11.0 Å². The van der Waals surface area contributed by atoms with Crippen LogP contribution in [0.4, 0.5) is 15.0 Å². The number of amides is 1. The van der Waals surface area contributed by atoms with Crippen molar-refractivity contribution in [2.75, 3.05) is 18.5 Å². The van der Waals surface area contributed by atoms with Crippen LogP contribution in [0.1, 0.15) is 33.9 Å². The van der Waals surface area contributed by atoms with E-state index in [1.807, 2.05) is 0 Å². The van der Waals surface area contributed by atoms with Crippen LogP contribution in [0.25, 0.3) is 0 Å². The number of rotatable bonds is 7. The fourth-order valence-corrected chi connectivity index (χ4v) is 2.61. The number of aliphatic hydroxyl groups is 1. The molecule has 4 atom stereocenters. The minimum absolute atomic E-state index is 0.0897. The number of nitrogens with zero attached hydrogens (tertiary/aromatic N) is 2. The van der Waals surface area contributed by atoms with Crippen molar-refractivity contribution >= 4 is 23.8 Å². The van der Waals surface area contributed by atoms with Crippen LogP contribution in [0.5, 0.6) is 0 Å². The molecule has 0 unspecified atom stereocenters. The number of ether oxygens (including phenoxy) is 4. The second-order valence-corrected chi connectivity index (χ2v) is 8.17. The molecule has 1 aromatic rings. The van der Waals surface area contributed by atoms with Gasteiger partial charge in [0.25, 0.3) is 0 Å². The summed E-state index contributed by atoms with van der Waals surface area (Å²) in [5.41, 5.74) is -1.64. The summed E-state index contributed by atoms with van der Waals surface area (Å²) in [6.07, 6.45) is -6.32. The Morgan fingerprint density at radius 2 is 2.00 bits per heavy atom. The Labute approximate surface area is 188 Å². The van der Waals surface area contributed by atoms with Crippen LogP contribution in [0.2, 0.25) is 0 Å². The van der Waals surface area contributed by atoms with E-state index in [4.69, 9.17) is 14.2 Å². The molecule has 2 rings (SSSR count). The number of alkyl halides is 1. The number of aromatic nitrogens is 2. The highest BCUT2D eigenvalue weighted by atomic mass is 19.1. The van der Waals surface area contributed by atoms with Crippen LogP contribution in [-0.4, -0.2) is 69.9 Å². The molecule has 0 bridgehead atoms. The fraction of sp³-hybridized carbons (Fsp3) is 0.550. The van der Waals surface area contributed by atoms with E-state index in [1.54, 1.807) is 20.8 Å². The first-order valence-corrected chi connectivity index (χ1v) is 9.83. The van der Waals surface area contributed by atoms with E-state index >= 15 is 0 Å². The van der Waals surface area contributed by atoms with Gasteiger partial charge in [-0.25, -0.2) is 23.6 Å². The summed E-state index contributed by atoms with van der Waals surface area (Å²) in [7, 11) is 0. The average Bonchev–Trinajstić information content (AvgIpc) is 2.97. The minimum atomic E-state index is -2.04. The zero-order valence-corrected chi connectivity index (χ0v) is 18.6. The van der Waals surface area contributed by atoms with Gasteiger partial charge in [0, 0.05) is 11.8 Å². The van der Waals surface area contributed by atoms with E-state index in [0.29, 0.717) is 0 Å². The molecule has 0 aromatic carbocycles. The molecule has 1 aliphatic rings. The Morgan fingerprint density at radius 1 is 1.33 bits per heavy atom. The normalized spacial score (nSPS) is 22.4. The number of esters is 2. The second-order valence-electron chi connectivity index (χ2n) is 8.17. The van der Waals surface area contributed by atoms with Gasteiger partial charge in [-0.3, -0.25) is 9.88 Å². The first-order valence-electron chi connectivity index (χ1n) is 9.83. The maximum Gasteiger partial charge on any atom is 0.413 e. The molecule has 182 valence electrons. The molecule has 2 heterocycles. The molecule has 1 aromatic heterocycles. The molecule has 1 saturated heterocycles. The largest absolute Gasteiger partial charge is 0.460 e. The SMILES string of the molecule is C=C(C)C(=O)OCC(=O)OC[C@H]1O[C@@H](n2ccc(NC(=O)OC(C)(C)C)nc2=O)[C@H](F)[C@@H]1O. The average molecular weight is 471 g/mol. The molecule has 0 radical (unpaired) electrons. The van der Waals surface area contributed by atoms with E-state index in [2.05, 4.69) is 21.6 Å². The first-order chi connectivity index (χ1) is 15.3. The molecule has 1 aliphatic heterocycles. The summed E-state index contributed by atoms with van der Waals surface area (Å²) in [5, 5.41) is 12.3. The summed E-state index contributed by atoms with van der Waals surface area (Å²) in [6, 6.07) is 1.22. The number of halogens is 1. The van der Waals surface area contributed by atoms with Gasteiger partial charge in [-0.2, -0.15) is 4.98 Å². The molecule has 33 heavy (non-hydrogen) atoms. The highest BCUT2D eigenvalue weighted by Crippen LogP contribution is 2.31. The van der Waals surface area contributed by atoms with Crippen molar-refractivity contribution in [3.05, 3.63) is 34.9 Å². The number of anilines is 1. The number of carbonyl (C=O) groups excluding carboxylic acids is 3. The molecule has 0 saturated carbocycles. The Balaban J connectivity index is 1.97. The molecule has 1 fully saturated rings. The third-order valence-electron chi connectivity index (χ3n) is 4.11. The summed E-state index contributed by atoms with van der Waals surface area (Å²) >= 11 is 0. The van der Waals surface area contributed by atoms with Gasteiger partial charge in [-0.15, -0.1) is 0 Å². The maximum absolute atomic E-state index is 14.6. The van der Waals surface area contributed by atoms with Crippen LogP contribution in [0, 0.1) is 0 Å². The molecule has 0 aliphatic carbocycles. The van der Waals surface area contributed by atoms with Crippen LogP contribution >= 0.6 is 0 Å². The number of hydrogen-bond donors (Lipinski definition) is 2. The van der Waals surface area contributed by atoms with Gasteiger partial charge in [-0.05, 0) is 33.8 Å². The monoisotopic (exact) mass is 471 g/mol. The lowest BCUT2D eigenvalue weighted by atomic mass is 10.1. The van der Waals surface area contributed by atoms with E-state index in [0.717, 1.165) is 10.8 Å². The number of nitrogens with one attached hydrogen (secondary N) is 1. The summed E-state index contributed by atoms with van der Waals surface area (Å²) in [6.45, 7) is 8.47. The Kier molecular flexibility index (Phi) is 8.28.